The summed E-state index contributed by atoms with van der Waals surface area (Å²) in [5, 5.41) is 10.4. The van der Waals surface area contributed by atoms with E-state index >= 15 is 0 Å². The maximum absolute atomic E-state index is 11.0. The summed E-state index contributed by atoms with van der Waals surface area (Å²) in [6.07, 6.45) is -0.249. The van der Waals surface area contributed by atoms with Crippen molar-refractivity contribution in [1.29, 1.82) is 0 Å². The van der Waals surface area contributed by atoms with Crippen molar-refractivity contribution in [3.05, 3.63) is 60.7 Å². The van der Waals surface area contributed by atoms with Crippen LogP contribution in [0.15, 0.2) is 60.7 Å². The summed E-state index contributed by atoms with van der Waals surface area (Å²) in [6.45, 7) is 5.77. The Balaban J connectivity index is 0.000000336. The molecular weight excluding hydrogens is 377 g/mol. The molecule has 152 valence electrons. The number of carbonyl (C=O) groups is 2. The van der Waals surface area contributed by atoms with E-state index < -0.39 is 13.5 Å². The van der Waals surface area contributed by atoms with E-state index in [-0.39, 0.29) is 24.1 Å². The summed E-state index contributed by atoms with van der Waals surface area (Å²) in [5.41, 5.74) is 5.47. The number of rotatable bonds is 7. The van der Waals surface area contributed by atoms with E-state index in [1.54, 1.807) is 45.0 Å². The summed E-state index contributed by atoms with van der Waals surface area (Å²) in [7, 11) is -2.83. The Kier molecular flexibility index (Phi) is 9.80. The molecule has 0 saturated carbocycles. The number of hydrogen-bond acceptors (Lipinski definition) is 5. The van der Waals surface area contributed by atoms with Crippen molar-refractivity contribution in [2.45, 2.75) is 26.8 Å². The molecule has 2 aromatic carbocycles. The number of carboxylic acid groups (broad SMARTS) is 1. The zero-order chi connectivity index (χ0) is 21.2. The van der Waals surface area contributed by atoms with Gasteiger partial charge in [0.2, 0.25) is 7.49 Å². The molecule has 4 N–H and O–H groups in total. The first-order chi connectivity index (χ1) is 13.2. The van der Waals surface area contributed by atoms with Crippen LogP contribution in [0.4, 0.5) is 0 Å². The molecule has 2 unspecified atom stereocenters. The fourth-order valence-electron chi connectivity index (χ4n) is 2.36. The van der Waals surface area contributed by atoms with Crippen LogP contribution in [0.25, 0.3) is 0 Å². The predicted octanol–water partition coefficient (Wildman–Crippen LogP) is 2.18. The molecule has 7 heteroatoms. The summed E-state index contributed by atoms with van der Waals surface area (Å²) in [4.78, 5) is 32.8. The average molecular weight is 406 g/mol. The normalized spacial score (nSPS) is 12.9. The highest BCUT2D eigenvalue weighted by Gasteiger charge is 2.43. The molecule has 2 atom stereocenters. The van der Waals surface area contributed by atoms with Gasteiger partial charge in [-0.1, -0.05) is 43.3 Å². The Hall–Kier alpha value is -2.27. The number of aliphatic carboxylic acids is 1. The molecule has 0 aliphatic rings. The van der Waals surface area contributed by atoms with Gasteiger partial charge in [0.1, 0.15) is 10.6 Å². The Morgan fingerprint density at radius 3 is 1.75 bits per heavy atom. The van der Waals surface area contributed by atoms with Crippen LogP contribution in [-0.2, 0) is 14.3 Å². The van der Waals surface area contributed by atoms with E-state index in [0.717, 1.165) is 0 Å². The van der Waals surface area contributed by atoms with Gasteiger partial charge in [-0.2, -0.15) is 0 Å². The third kappa shape index (κ3) is 7.04. The van der Waals surface area contributed by atoms with E-state index in [4.69, 9.17) is 15.6 Å². The van der Waals surface area contributed by atoms with Crippen molar-refractivity contribution in [3.8, 4) is 0 Å². The van der Waals surface area contributed by atoms with Crippen molar-refractivity contribution >= 4 is 30.0 Å². The lowest BCUT2D eigenvalue weighted by molar-refractivity contribution is -0.147. The van der Waals surface area contributed by atoms with Gasteiger partial charge in [-0.3, -0.25) is 4.79 Å². The fraction of sp³-hybridized carbons (Fsp3) is 0.333. The predicted molar refractivity (Wildman–Crippen MR) is 113 cm³/mol. The van der Waals surface area contributed by atoms with Crippen molar-refractivity contribution in [2.75, 3.05) is 12.8 Å². The Labute approximate surface area is 166 Å². The summed E-state index contributed by atoms with van der Waals surface area (Å²) in [5.74, 6) is -1.39. The molecule has 0 bridgehead atoms. The molecule has 0 spiro atoms. The Bertz CT molecular complexity index is 697. The molecule has 0 radical (unpaired) electrons. The number of benzene rings is 2. The SMILES string of the molecule is CCOC(=O)C(C)C(C)N.O=C(O)C[P+](O)(c1ccccc1)c1ccccc1. The van der Waals surface area contributed by atoms with Gasteiger partial charge in [-0.05, 0) is 38.1 Å². The average Bonchev–Trinajstić information content (AvgIpc) is 2.68. The van der Waals surface area contributed by atoms with Crippen molar-refractivity contribution in [2.24, 2.45) is 11.7 Å². The molecule has 28 heavy (non-hydrogen) atoms. The van der Waals surface area contributed by atoms with Gasteiger partial charge in [-0.25, -0.2) is 9.69 Å². The van der Waals surface area contributed by atoms with Crippen LogP contribution in [0.3, 0.4) is 0 Å². The lowest BCUT2D eigenvalue weighted by Crippen LogP contribution is -2.31. The van der Waals surface area contributed by atoms with Gasteiger partial charge in [0, 0.05) is 6.04 Å². The molecule has 6 nitrogen and oxygen atoms in total. The van der Waals surface area contributed by atoms with Gasteiger partial charge < -0.3 is 15.6 Å². The largest absolute Gasteiger partial charge is 0.478 e. The quantitative estimate of drug-likeness (QED) is 0.480. The van der Waals surface area contributed by atoms with Crippen molar-refractivity contribution < 1.29 is 24.3 Å². The molecule has 0 aliphatic heterocycles. The van der Waals surface area contributed by atoms with Gasteiger partial charge in [0.15, 0.2) is 6.16 Å². The van der Waals surface area contributed by atoms with Crippen molar-refractivity contribution in [1.82, 2.24) is 0 Å². The van der Waals surface area contributed by atoms with Crippen LogP contribution in [0.1, 0.15) is 20.8 Å². The second-order valence-corrected chi connectivity index (χ2v) is 9.28. The van der Waals surface area contributed by atoms with E-state index in [1.807, 2.05) is 36.4 Å². The minimum Gasteiger partial charge on any atom is -0.478 e. The Morgan fingerprint density at radius 1 is 1.00 bits per heavy atom. The smallest absolute Gasteiger partial charge is 0.345 e. The second-order valence-electron chi connectivity index (χ2n) is 6.39. The minimum absolute atomic E-state index is 0.126. The molecular formula is C21H29NO5P+. The third-order valence-corrected chi connectivity index (χ3v) is 7.21. The topological polar surface area (TPSA) is 110 Å². The molecule has 0 amide bonds. The molecule has 0 heterocycles. The van der Waals surface area contributed by atoms with E-state index in [1.165, 1.54) is 0 Å². The van der Waals surface area contributed by atoms with E-state index in [2.05, 4.69) is 0 Å². The standard InChI is InChI=1S/C14H13O3P.C7H15NO2/c15-14(16)11-18(17,12-7-3-1-4-8-12)13-9-5-2-6-10-13;1-4-10-7(9)5(2)6(3)8/h1-10,17H,11H2;5-6H,4,8H2,1-3H3/p+1. The second kappa shape index (κ2) is 11.5. The summed E-state index contributed by atoms with van der Waals surface area (Å²) >= 11 is 0. The first kappa shape index (κ1) is 23.8. The third-order valence-electron chi connectivity index (χ3n) is 4.18. The summed E-state index contributed by atoms with van der Waals surface area (Å²) in [6, 6.07) is 17.9. The van der Waals surface area contributed by atoms with Crippen LogP contribution in [0.5, 0.6) is 0 Å². The number of carboxylic acids is 1. The van der Waals surface area contributed by atoms with Crippen molar-refractivity contribution in [3.63, 3.8) is 0 Å². The van der Waals surface area contributed by atoms with E-state index in [9.17, 15) is 14.5 Å². The number of ether oxygens (including phenoxy) is 1. The number of hydrogen-bond donors (Lipinski definition) is 3. The maximum Gasteiger partial charge on any atom is 0.345 e. The van der Waals surface area contributed by atoms with Crippen LogP contribution in [-0.4, -0.2) is 40.7 Å². The van der Waals surface area contributed by atoms with Gasteiger partial charge in [0.05, 0.1) is 12.5 Å². The highest BCUT2D eigenvalue weighted by Crippen LogP contribution is 2.51. The molecule has 0 fully saturated rings. The molecule has 2 aromatic rings. The molecule has 0 aliphatic carbocycles. The van der Waals surface area contributed by atoms with Gasteiger partial charge in [0.25, 0.3) is 0 Å². The Morgan fingerprint density at radius 2 is 1.43 bits per heavy atom. The monoisotopic (exact) mass is 406 g/mol. The molecule has 2 rings (SSSR count). The van der Waals surface area contributed by atoms with Crippen LogP contribution in [0, 0.1) is 5.92 Å². The summed E-state index contributed by atoms with van der Waals surface area (Å²) < 4.78 is 4.75. The van der Waals surface area contributed by atoms with Crippen LogP contribution >= 0.6 is 7.49 Å². The number of esters is 1. The first-order valence-electron chi connectivity index (χ1n) is 9.08. The van der Waals surface area contributed by atoms with Gasteiger partial charge in [-0.15, -0.1) is 0 Å². The molecule has 0 saturated heterocycles. The number of carbonyl (C=O) groups excluding carboxylic acids is 1. The maximum atomic E-state index is 11.0. The minimum atomic E-state index is -2.83. The van der Waals surface area contributed by atoms with E-state index in [0.29, 0.717) is 17.2 Å². The van der Waals surface area contributed by atoms with Gasteiger partial charge >= 0.3 is 11.9 Å². The fourth-order valence-corrected chi connectivity index (χ4v) is 4.75. The molecule has 0 aromatic heterocycles. The lowest BCUT2D eigenvalue weighted by atomic mass is 10.1. The highest BCUT2D eigenvalue weighted by molar-refractivity contribution is 7.85. The van der Waals surface area contributed by atoms with Crippen LogP contribution < -0.4 is 16.3 Å². The number of nitrogens with two attached hydrogens (primary N) is 1. The zero-order valence-corrected chi connectivity index (χ0v) is 17.4. The van der Waals surface area contributed by atoms with Crippen LogP contribution in [0.2, 0.25) is 0 Å². The zero-order valence-electron chi connectivity index (χ0n) is 16.5. The lowest BCUT2D eigenvalue weighted by Gasteiger charge is -2.17. The highest BCUT2D eigenvalue weighted by atomic mass is 31.2. The first-order valence-corrected chi connectivity index (χ1v) is 11.0.